The van der Waals surface area contributed by atoms with Gasteiger partial charge in [-0.1, -0.05) is 140 Å². The van der Waals surface area contributed by atoms with Crippen LogP contribution in [0.5, 0.6) is 0 Å². The van der Waals surface area contributed by atoms with Crippen LogP contribution in [0.25, 0.3) is 54.6 Å². The molecule has 9 rings (SSSR count). The second-order valence-electron chi connectivity index (χ2n) is 12.2. The summed E-state index contributed by atoms with van der Waals surface area (Å²) in [5.41, 5.74) is 9.95. The molecule has 0 saturated heterocycles. The van der Waals surface area contributed by atoms with Crippen molar-refractivity contribution in [3.05, 3.63) is 175 Å². The Morgan fingerprint density at radius 1 is 0.413 bits per heavy atom. The fourth-order valence-corrected chi connectivity index (χ4v) is 7.56. The van der Waals surface area contributed by atoms with Crippen molar-refractivity contribution in [1.82, 2.24) is 0 Å². The van der Waals surface area contributed by atoms with Gasteiger partial charge < -0.3 is 9.80 Å². The first-order chi connectivity index (χ1) is 22.8. The summed E-state index contributed by atoms with van der Waals surface area (Å²) < 4.78 is 0. The Labute approximate surface area is 269 Å². The van der Waals surface area contributed by atoms with Gasteiger partial charge in [0.1, 0.15) is 6.17 Å². The van der Waals surface area contributed by atoms with Gasteiger partial charge in [-0.15, -0.1) is 0 Å². The third-order valence-corrected chi connectivity index (χ3v) is 9.63. The molecule has 46 heavy (non-hydrogen) atoms. The first-order valence-electron chi connectivity index (χ1n) is 16.0. The van der Waals surface area contributed by atoms with Gasteiger partial charge >= 0.3 is 0 Å². The highest BCUT2D eigenvalue weighted by Crippen LogP contribution is 2.50. The largest absolute Gasteiger partial charge is 0.349 e. The van der Waals surface area contributed by atoms with Crippen LogP contribution in [0.15, 0.2) is 170 Å². The van der Waals surface area contributed by atoms with Gasteiger partial charge in [0.2, 0.25) is 0 Å². The quantitative estimate of drug-likeness (QED) is 0.189. The number of hydrogen-bond acceptors (Lipinski definition) is 2. The number of hydrogen-bond donors (Lipinski definition) is 0. The molecule has 8 aromatic carbocycles. The predicted octanol–water partition coefficient (Wildman–Crippen LogP) is 11.8. The van der Waals surface area contributed by atoms with Crippen molar-refractivity contribution in [1.29, 1.82) is 0 Å². The van der Waals surface area contributed by atoms with E-state index in [4.69, 9.17) is 0 Å². The van der Waals surface area contributed by atoms with E-state index in [1.165, 1.54) is 77.2 Å². The second-order valence-corrected chi connectivity index (χ2v) is 12.2. The molecule has 0 N–H and O–H groups in total. The van der Waals surface area contributed by atoms with Crippen molar-refractivity contribution in [2.45, 2.75) is 6.17 Å². The van der Waals surface area contributed by atoms with Gasteiger partial charge in [0.05, 0.1) is 11.4 Å². The fraction of sp³-hybridized carbons (Fsp3) is 0.0455. The Morgan fingerprint density at radius 2 is 0.913 bits per heavy atom. The van der Waals surface area contributed by atoms with E-state index in [1.807, 2.05) is 0 Å². The molecule has 218 valence electrons. The maximum atomic E-state index is 2.47. The van der Waals surface area contributed by atoms with Crippen LogP contribution in [-0.2, 0) is 0 Å². The lowest BCUT2D eigenvalue weighted by molar-refractivity contribution is 0.719. The minimum atomic E-state index is 0.0762. The third kappa shape index (κ3) is 4.11. The van der Waals surface area contributed by atoms with Crippen molar-refractivity contribution in [2.24, 2.45) is 0 Å². The Bertz CT molecular complexity index is 2330. The lowest BCUT2D eigenvalue weighted by atomic mass is 9.85. The van der Waals surface area contributed by atoms with Crippen LogP contribution in [-0.4, -0.2) is 7.05 Å². The van der Waals surface area contributed by atoms with Gasteiger partial charge in [-0.3, -0.25) is 0 Å². The lowest BCUT2D eigenvalue weighted by Crippen LogP contribution is -2.30. The molecule has 0 spiro atoms. The molecule has 0 aromatic heterocycles. The Balaban J connectivity index is 1.22. The summed E-state index contributed by atoms with van der Waals surface area (Å²) in [6, 6.07) is 62.0. The highest BCUT2D eigenvalue weighted by Gasteiger charge is 2.35. The molecule has 1 heterocycles. The standard InChI is InChI=1S/C44H32N2/c1-45-40-21-11-12-22-41(40)46(44(45)32-14-3-2-4-15-32)35-27-25-31(26-28-35)42-36-17-7-9-19-38(36)43(39-20-10-8-18-37(39)42)34-24-23-30-13-5-6-16-33(30)29-34/h2-29,44H,1H3. The number of nitrogens with zero attached hydrogens (tertiary/aromatic N) is 2. The van der Waals surface area contributed by atoms with Gasteiger partial charge in [0.25, 0.3) is 0 Å². The number of rotatable bonds is 4. The van der Waals surface area contributed by atoms with Crippen LogP contribution >= 0.6 is 0 Å². The van der Waals surface area contributed by atoms with E-state index in [0.29, 0.717) is 0 Å². The first-order valence-corrected chi connectivity index (χ1v) is 16.0. The van der Waals surface area contributed by atoms with Crippen LogP contribution in [0, 0.1) is 0 Å². The smallest absolute Gasteiger partial charge is 0.132 e. The number of para-hydroxylation sites is 2. The van der Waals surface area contributed by atoms with Crippen LogP contribution in [0.2, 0.25) is 0 Å². The average Bonchev–Trinajstić information content (AvgIpc) is 3.42. The van der Waals surface area contributed by atoms with Crippen LogP contribution < -0.4 is 9.80 Å². The summed E-state index contributed by atoms with van der Waals surface area (Å²) >= 11 is 0. The molecule has 0 aliphatic carbocycles. The number of benzene rings is 8. The molecule has 0 fully saturated rings. The summed E-state index contributed by atoms with van der Waals surface area (Å²) in [4.78, 5) is 4.85. The molecule has 2 heteroatoms. The minimum absolute atomic E-state index is 0.0762. The van der Waals surface area contributed by atoms with Gasteiger partial charge in [-0.2, -0.15) is 0 Å². The molecule has 1 aliphatic heterocycles. The average molecular weight is 589 g/mol. The van der Waals surface area contributed by atoms with Crippen LogP contribution in [0.3, 0.4) is 0 Å². The maximum Gasteiger partial charge on any atom is 0.132 e. The lowest BCUT2D eigenvalue weighted by Gasteiger charge is -2.31. The van der Waals surface area contributed by atoms with E-state index >= 15 is 0 Å². The van der Waals surface area contributed by atoms with Crippen molar-refractivity contribution in [3.63, 3.8) is 0 Å². The van der Waals surface area contributed by atoms with E-state index in [2.05, 4.69) is 187 Å². The molecular weight excluding hydrogens is 556 g/mol. The molecule has 0 saturated carbocycles. The van der Waals surface area contributed by atoms with E-state index < -0.39 is 0 Å². The fourth-order valence-electron chi connectivity index (χ4n) is 7.56. The zero-order valence-corrected chi connectivity index (χ0v) is 25.6. The zero-order chi connectivity index (χ0) is 30.6. The summed E-state index contributed by atoms with van der Waals surface area (Å²) in [6.07, 6.45) is 0.0762. The molecule has 1 aliphatic rings. The predicted molar refractivity (Wildman–Crippen MR) is 196 cm³/mol. The Hall–Kier alpha value is -5.86. The van der Waals surface area contributed by atoms with E-state index in [1.54, 1.807) is 0 Å². The van der Waals surface area contributed by atoms with Gasteiger partial charge in [0, 0.05) is 12.7 Å². The van der Waals surface area contributed by atoms with Crippen molar-refractivity contribution in [2.75, 3.05) is 16.8 Å². The van der Waals surface area contributed by atoms with E-state index in [0.717, 1.165) is 0 Å². The molecule has 1 unspecified atom stereocenters. The minimum Gasteiger partial charge on any atom is -0.349 e. The topological polar surface area (TPSA) is 6.48 Å². The summed E-state index contributed by atoms with van der Waals surface area (Å²) in [5.74, 6) is 0. The molecule has 2 nitrogen and oxygen atoms in total. The molecule has 0 bridgehead atoms. The highest BCUT2D eigenvalue weighted by molar-refractivity contribution is 6.21. The van der Waals surface area contributed by atoms with Crippen LogP contribution in [0.1, 0.15) is 11.7 Å². The maximum absolute atomic E-state index is 2.47. The van der Waals surface area contributed by atoms with Gasteiger partial charge in [-0.05, 0) is 90.5 Å². The van der Waals surface area contributed by atoms with Gasteiger partial charge in [0.15, 0.2) is 0 Å². The molecule has 0 radical (unpaired) electrons. The first kappa shape index (κ1) is 26.5. The molecule has 0 amide bonds. The molecule has 8 aromatic rings. The van der Waals surface area contributed by atoms with Crippen molar-refractivity contribution in [3.8, 4) is 22.3 Å². The van der Waals surface area contributed by atoms with Crippen LogP contribution in [0.4, 0.5) is 17.1 Å². The van der Waals surface area contributed by atoms with Gasteiger partial charge in [-0.25, -0.2) is 0 Å². The summed E-state index contributed by atoms with van der Waals surface area (Å²) in [6.45, 7) is 0. The van der Waals surface area contributed by atoms with Crippen molar-refractivity contribution >= 4 is 49.4 Å². The monoisotopic (exact) mass is 588 g/mol. The molecular formula is C44H32N2. The normalized spacial score (nSPS) is 14.3. The number of fused-ring (bicyclic) bond motifs is 4. The Kier molecular flexibility index (Phi) is 6.14. The molecule has 1 atom stereocenters. The highest BCUT2D eigenvalue weighted by atomic mass is 15.4. The SMILES string of the molecule is CN1c2ccccc2N(c2ccc(-c3c4ccccc4c(-c4ccc5ccccc5c4)c4ccccc34)cc2)C1c1ccccc1. The second kappa shape index (κ2) is 10.6. The van der Waals surface area contributed by atoms with Crippen molar-refractivity contribution < 1.29 is 0 Å². The zero-order valence-electron chi connectivity index (χ0n) is 25.6. The van der Waals surface area contributed by atoms with E-state index in [-0.39, 0.29) is 6.17 Å². The van der Waals surface area contributed by atoms with E-state index in [9.17, 15) is 0 Å². The third-order valence-electron chi connectivity index (χ3n) is 9.63. The Morgan fingerprint density at radius 3 is 1.57 bits per heavy atom. The number of anilines is 3. The summed E-state index contributed by atoms with van der Waals surface area (Å²) in [5, 5.41) is 7.61. The summed E-state index contributed by atoms with van der Waals surface area (Å²) in [7, 11) is 2.19.